The predicted octanol–water partition coefficient (Wildman–Crippen LogP) is 0.997. The Kier molecular flexibility index (Phi) is 3.29. The Morgan fingerprint density at radius 1 is 1.44 bits per heavy atom. The lowest BCUT2D eigenvalue weighted by Gasteiger charge is -2.04. The fourth-order valence-corrected chi connectivity index (χ4v) is 1.60. The summed E-state index contributed by atoms with van der Waals surface area (Å²) in [7, 11) is 1.19. The van der Waals surface area contributed by atoms with Crippen LogP contribution in [0.25, 0.3) is 16.6 Å². The van der Waals surface area contributed by atoms with Crippen molar-refractivity contribution in [2.24, 2.45) is 0 Å². The molecule has 0 aliphatic rings. The monoisotopic (exact) mass is 248 g/mol. The van der Waals surface area contributed by atoms with Crippen molar-refractivity contribution in [3.8, 4) is 0 Å². The van der Waals surface area contributed by atoms with Gasteiger partial charge in [-0.1, -0.05) is 12.1 Å². The average Bonchev–Trinajstić information content (AvgIpc) is 2.81. The van der Waals surface area contributed by atoms with E-state index in [1.807, 2.05) is 6.07 Å². The van der Waals surface area contributed by atoms with Crippen LogP contribution in [0.2, 0.25) is 0 Å². The van der Waals surface area contributed by atoms with E-state index in [2.05, 4.69) is 14.7 Å². The molecule has 0 aliphatic heterocycles. The number of aromatic amines is 1. The van der Waals surface area contributed by atoms with Crippen molar-refractivity contribution in [2.45, 2.75) is 0 Å². The number of hydrogen-bond donors (Lipinski definition) is 3. The maximum atomic E-state index is 11.6. The van der Waals surface area contributed by atoms with Crippen LogP contribution in [-0.4, -0.2) is 39.9 Å². The number of fused-ring (bicyclic) bond motifs is 1. The second-order valence-electron chi connectivity index (χ2n) is 3.57. The van der Waals surface area contributed by atoms with E-state index in [0.29, 0.717) is 5.52 Å². The SMILES string of the molecule is COC(=O)/C(=C(\O)CO)c1nc2ccccc2[nH]1. The van der Waals surface area contributed by atoms with Crippen molar-refractivity contribution < 1.29 is 19.7 Å². The topological polar surface area (TPSA) is 95.4 Å². The number of ether oxygens (including phenoxy) is 1. The molecule has 0 saturated carbocycles. The summed E-state index contributed by atoms with van der Waals surface area (Å²) < 4.78 is 4.56. The van der Waals surface area contributed by atoms with Crippen LogP contribution in [0.3, 0.4) is 0 Å². The van der Waals surface area contributed by atoms with Crippen molar-refractivity contribution in [3.63, 3.8) is 0 Å². The molecule has 6 heteroatoms. The summed E-state index contributed by atoms with van der Waals surface area (Å²) in [5.41, 5.74) is 1.20. The van der Waals surface area contributed by atoms with E-state index < -0.39 is 18.3 Å². The van der Waals surface area contributed by atoms with Crippen LogP contribution < -0.4 is 0 Å². The molecule has 1 aromatic carbocycles. The molecule has 0 amide bonds. The average molecular weight is 248 g/mol. The van der Waals surface area contributed by atoms with Crippen molar-refractivity contribution in [3.05, 3.63) is 35.8 Å². The van der Waals surface area contributed by atoms with Gasteiger partial charge in [-0.2, -0.15) is 0 Å². The van der Waals surface area contributed by atoms with E-state index in [1.165, 1.54) is 7.11 Å². The molecule has 18 heavy (non-hydrogen) atoms. The Morgan fingerprint density at radius 3 is 2.78 bits per heavy atom. The first kappa shape index (κ1) is 12.1. The third-order valence-corrected chi connectivity index (χ3v) is 2.45. The smallest absolute Gasteiger partial charge is 0.345 e. The lowest BCUT2D eigenvalue weighted by Crippen LogP contribution is -2.10. The van der Waals surface area contributed by atoms with Crippen LogP contribution in [0.5, 0.6) is 0 Å². The summed E-state index contributed by atoms with van der Waals surface area (Å²) in [6.07, 6.45) is 0. The van der Waals surface area contributed by atoms with Gasteiger partial charge in [0, 0.05) is 0 Å². The van der Waals surface area contributed by atoms with Gasteiger partial charge in [0.05, 0.1) is 18.1 Å². The van der Waals surface area contributed by atoms with Gasteiger partial charge in [-0.25, -0.2) is 9.78 Å². The van der Waals surface area contributed by atoms with E-state index in [9.17, 15) is 9.90 Å². The summed E-state index contributed by atoms with van der Waals surface area (Å²) in [5.74, 6) is -1.09. The molecule has 6 nitrogen and oxygen atoms in total. The van der Waals surface area contributed by atoms with Gasteiger partial charge in [0.1, 0.15) is 23.8 Å². The summed E-state index contributed by atoms with van der Waals surface area (Å²) in [5, 5.41) is 18.5. The fourth-order valence-electron chi connectivity index (χ4n) is 1.60. The standard InChI is InChI=1S/C12H12N2O4/c1-18-12(17)10(9(16)6-15)11-13-7-4-2-3-5-8(7)14-11/h2-5,15-16H,6H2,1H3,(H,13,14)/b10-9-. The first-order valence-electron chi connectivity index (χ1n) is 5.23. The molecule has 1 aromatic heterocycles. The van der Waals surface area contributed by atoms with E-state index in [4.69, 9.17) is 5.11 Å². The number of H-pyrrole nitrogens is 1. The molecule has 2 rings (SSSR count). The number of carbonyl (C=O) groups excluding carboxylic acids is 1. The quantitative estimate of drug-likeness (QED) is 0.428. The highest BCUT2D eigenvalue weighted by Crippen LogP contribution is 2.20. The molecule has 0 bridgehead atoms. The number of para-hydroxylation sites is 2. The molecule has 0 atom stereocenters. The van der Waals surface area contributed by atoms with Gasteiger partial charge in [-0.05, 0) is 12.1 Å². The second-order valence-corrected chi connectivity index (χ2v) is 3.57. The Balaban J connectivity index is 2.58. The maximum Gasteiger partial charge on any atom is 0.345 e. The van der Waals surface area contributed by atoms with Crippen LogP contribution in [0.15, 0.2) is 30.0 Å². The van der Waals surface area contributed by atoms with Gasteiger partial charge in [-0.3, -0.25) is 0 Å². The van der Waals surface area contributed by atoms with Gasteiger partial charge in [0.25, 0.3) is 0 Å². The highest BCUT2D eigenvalue weighted by atomic mass is 16.5. The molecule has 3 N–H and O–H groups in total. The van der Waals surface area contributed by atoms with Gasteiger partial charge in [0.2, 0.25) is 0 Å². The Morgan fingerprint density at radius 2 is 2.17 bits per heavy atom. The molecule has 0 spiro atoms. The van der Waals surface area contributed by atoms with Crippen molar-refractivity contribution >= 4 is 22.6 Å². The molecule has 94 valence electrons. The van der Waals surface area contributed by atoms with E-state index in [1.54, 1.807) is 18.2 Å². The molecule has 2 aromatic rings. The molecule has 0 fully saturated rings. The zero-order valence-electron chi connectivity index (χ0n) is 9.67. The highest BCUT2D eigenvalue weighted by molar-refractivity contribution is 6.16. The van der Waals surface area contributed by atoms with Gasteiger partial charge in [0.15, 0.2) is 0 Å². The van der Waals surface area contributed by atoms with Crippen molar-refractivity contribution in [1.29, 1.82) is 0 Å². The normalized spacial score (nSPS) is 12.3. The van der Waals surface area contributed by atoms with Crippen LogP contribution in [-0.2, 0) is 9.53 Å². The molecule has 0 radical (unpaired) electrons. The number of aliphatic hydroxyl groups excluding tert-OH is 2. The predicted molar refractivity (Wildman–Crippen MR) is 64.7 cm³/mol. The lowest BCUT2D eigenvalue weighted by molar-refractivity contribution is -0.133. The number of esters is 1. The van der Waals surface area contributed by atoms with Gasteiger partial charge >= 0.3 is 5.97 Å². The number of benzene rings is 1. The number of carbonyl (C=O) groups is 1. The number of aromatic nitrogens is 2. The zero-order chi connectivity index (χ0) is 13.1. The number of nitrogens with one attached hydrogen (secondary N) is 1. The number of aliphatic hydroxyl groups is 2. The van der Waals surface area contributed by atoms with E-state index >= 15 is 0 Å². The van der Waals surface area contributed by atoms with Gasteiger partial charge < -0.3 is 19.9 Å². The van der Waals surface area contributed by atoms with Crippen LogP contribution >= 0.6 is 0 Å². The molecular weight excluding hydrogens is 236 g/mol. The summed E-state index contributed by atoms with van der Waals surface area (Å²) in [6.45, 7) is -0.665. The maximum absolute atomic E-state index is 11.6. The van der Waals surface area contributed by atoms with E-state index in [-0.39, 0.29) is 11.4 Å². The number of hydrogen-bond acceptors (Lipinski definition) is 5. The Bertz CT molecular complexity index is 582. The minimum atomic E-state index is -0.763. The minimum absolute atomic E-state index is 0.162. The number of imidazole rings is 1. The molecular formula is C12H12N2O4. The number of methoxy groups -OCH3 is 1. The van der Waals surface area contributed by atoms with E-state index in [0.717, 1.165) is 5.52 Å². The third kappa shape index (κ3) is 2.05. The number of nitrogens with zero attached hydrogens (tertiary/aromatic N) is 1. The molecule has 0 unspecified atom stereocenters. The minimum Gasteiger partial charge on any atom is -0.509 e. The summed E-state index contributed by atoms with van der Waals surface area (Å²) in [6, 6.07) is 7.18. The Hall–Kier alpha value is -2.34. The molecule has 0 saturated heterocycles. The third-order valence-electron chi connectivity index (χ3n) is 2.45. The largest absolute Gasteiger partial charge is 0.509 e. The van der Waals surface area contributed by atoms with Crippen molar-refractivity contribution in [1.82, 2.24) is 9.97 Å². The lowest BCUT2D eigenvalue weighted by atomic mass is 10.2. The molecule has 0 aliphatic carbocycles. The van der Waals surface area contributed by atoms with Crippen LogP contribution in [0.4, 0.5) is 0 Å². The first-order chi connectivity index (χ1) is 8.67. The first-order valence-corrected chi connectivity index (χ1v) is 5.23. The second kappa shape index (κ2) is 4.89. The van der Waals surface area contributed by atoms with Crippen LogP contribution in [0, 0.1) is 0 Å². The highest BCUT2D eigenvalue weighted by Gasteiger charge is 2.21. The van der Waals surface area contributed by atoms with Crippen molar-refractivity contribution in [2.75, 3.05) is 13.7 Å². The summed E-state index contributed by atoms with van der Waals surface area (Å²) >= 11 is 0. The van der Waals surface area contributed by atoms with Crippen LogP contribution in [0.1, 0.15) is 5.82 Å². The molecule has 1 heterocycles. The zero-order valence-corrected chi connectivity index (χ0v) is 9.67. The van der Waals surface area contributed by atoms with Gasteiger partial charge in [-0.15, -0.1) is 0 Å². The fraction of sp³-hybridized carbons (Fsp3) is 0.167. The Labute approximate surface area is 103 Å². The number of rotatable bonds is 3. The summed E-state index contributed by atoms with van der Waals surface area (Å²) in [4.78, 5) is 18.6.